The third-order valence-corrected chi connectivity index (χ3v) is 1.87. The van der Waals surface area contributed by atoms with Crippen LogP contribution in [0.1, 0.15) is 24.7 Å². The van der Waals surface area contributed by atoms with Crippen molar-refractivity contribution in [2.45, 2.75) is 26.2 Å². The number of rotatable bonds is 4. The van der Waals surface area contributed by atoms with Crippen molar-refractivity contribution < 1.29 is 9.90 Å². The van der Waals surface area contributed by atoms with Gasteiger partial charge in [0.1, 0.15) is 0 Å². The highest BCUT2D eigenvalue weighted by Gasteiger charge is 2.07. The molecule has 72 valence electrons. The Labute approximate surface area is 77.2 Å². The molecule has 0 aliphatic carbocycles. The fraction of sp³-hybridized carbons (Fsp3) is 0.556. The van der Waals surface area contributed by atoms with Crippen LogP contribution in [0.5, 0.6) is 0 Å². The molecule has 0 saturated carbocycles. The number of carbonyl (C=O) groups is 1. The van der Waals surface area contributed by atoms with Crippen LogP contribution in [0.15, 0.2) is 6.07 Å². The molecule has 4 heteroatoms. The van der Waals surface area contributed by atoms with Gasteiger partial charge in [-0.3, -0.25) is 9.48 Å². The van der Waals surface area contributed by atoms with Gasteiger partial charge in [-0.05, 0) is 12.5 Å². The molecule has 0 aromatic carbocycles. The first-order chi connectivity index (χ1) is 6.13. The van der Waals surface area contributed by atoms with Crippen molar-refractivity contribution in [1.82, 2.24) is 9.78 Å². The van der Waals surface area contributed by atoms with Crippen molar-refractivity contribution in [3.8, 4) is 0 Å². The standard InChI is InChI=1S/C9H14N2O2/c1-3-4-8-5-7(6-9(12)13)10-11(8)2/h5H,3-4,6H2,1-2H3,(H,12,13). The van der Waals surface area contributed by atoms with Gasteiger partial charge in [-0.15, -0.1) is 0 Å². The summed E-state index contributed by atoms with van der Waals surface area (Å²) in [6.45, 7) is 2.09. The average Bonchev–Trinajstić information content (AvgIpc) is 2.31. The number of carboxylic acid groups (broad SMARTS) is 1. The van der Waals surface area contributed by atoms with E-state index in [4.69, 9.17) is 5.11 Å². The summed E-state index contributed by atoms with van der Waals surface area (Å²) in [7, 11) is 1.84. The molecule has 13 heavy (non-hydrogen) atoms. The highest BCUT2D eigenvalue weighted by Crippen LogP contribution is 2.06. The van der Waals surface area contributed by atoms with Gasteiger partial charge in [0.25, 0.3) is 0 Å². The monoisotopic (exact) mass is 182 g/mol. The van der Waals surface area contributed by atoms with Gasteiger partial charge in [0, 0.05) is 12.7 Å². The van der Waals surface area contributed by atoms with E-state index in [9.17, 15) is 4.79 Å². The predicted molar refractivity (Wildman–Crippen MR) is 48.5 cm³/mol. The highest BCUT2D eigenvalue weighted by molar-refractivity contribution is 5.69. The van der Waals surface area contributed by atoms with Crippen molar-refractivity contribution >= 4 is 5.97 Å². The summed E-state index contributed by atoms with van der Waals surface area (Å²) in [6.07, 6.45) is 2.01. The largest absolute Gasteiger partial charge is 0.481 e. The van der Waals surface area contributed by atoms with E-state index in [1.807, 2.05) is 13.1 Å². The molecule has 0 aliphatic heterocycles. The zero-order valence-electron chi connectivity index (χ0n) is 7.95. The number of hydrogen-bond donors (Lipinski definition) is 1. The molecule has 0 spiro atoms. The van der Waals surface area contributed by atoms with E-state index in [-0.39, 0.29) is 6.42 Å². The van der Waals surface area contributed by atoms with E-state index in [0.29, 0.717) is 5.69 Å². The van der Waals surface area contributed by atoms with E-state index in [1.165, 1.54) is 0 Å². The number of aromatic nitrogens is 2. The van der Waals surface area contributed by atoms with E-state index in [1.54, 1.807) is 4.68 Å². The molecule has 4 nitrogen and oxygen atoms in total. The molecule has 0 bridgehead atoms. The molecule has 0 atom stereocenters. The molecule has 0 unspecified atom stereocenters. The van der Waals surface area contributed by atoms with Crippen LogP contribution in [0.2, 0.25) is 0 Å². The number of nitrogens with zero attached hydrogens (tertiary/aromatic N) is 2. The van der Waals surface area contributed by atoms with E-state index >= 15 is 0 Å². The van der Waals surface area contributed by atoms with Crippen LogP contribution in [0.25, 0.3) is 0 Å². The Hall–Kier alpha value is -1.32. The summed E-state index contributed by atoms with van der Waals surface area (Å²) >= 11 is 0. The first-order valence-corrected chi connectivity index (χ1v) is 4.37. The molecule has 1 heterocycles. The summed E-state index contributed by atoms with van der Waals surface area (Å²) in [5.74, 6) is -0.832. The Morgan fingerprint density at radius 1 is 1.69 bits per heavy atom. The summed E-state index contributed by atoms with van der Waals surface area (Å²) in [4.78, 5) is 10.4. The van der Waals surface area contributed by atoms with Crippen molar-refractivity contribution in [2.24, 2.45) is 7.05 Å². The van der Waals surface area contributed by atoms with Crippen LogP contribution < -0.4 is 0 Å². The van der Waals surface area contributed by atoms with Gasteiger partial charge in [-0.2, -0.15) is 5.10 Å². The third-order valence-electron chi connectivity index (χ3n) is 1.87. The van der Waals surface area contributed by atoms with Crippen LogP contribution in [-0.2, 0) is 24.7 Å². The van der Waals surface area contributed by atoms with Crippen molar-refractivity contribution in [3.05, 3.63) is 17.5 Å². The lowest BCUT2D eigenvalue weighted by Crippen LogP contribution is -2.01. The molecule has 0 amide bonds. The van der Waals surface area contributed by atoms with Crippen molar-refractivity contribution in [3.63, 3.8) is 0 Å². The van der Waals surface area contributed by atoms with Crippen molar-refractivity contribution in [2.75, 3.05) is 0 Å². The lowest BCUT2D eigenvalue weighted by Gasteiger charge is -1.96. The van der Waals surface area contributed by atoms with E-state index < -0.39 is 5.97 Å². The van der Waals surface area contributed by atoms with Gasteiger partial charge in [-0.25, -0.2) is 0 Å². The molecular formula is C9H14N2O2. The zero-order chi connectivity index (χ0) is 9.84. The molecule has 0 saturated heterocycles. The van der Waals surface area contributed by atoms with Gasteiger partial charge in [0.05, 0.1) is 12.1 Å². The molecule has 1 aromatic heterocycles. The Kier molecular flexibility index (Phi) is 3.06. The lowest BCUT2D eigenvalue weighted by atomic mass is 10.2. The molecule has 1 N–H and O–H groups in total. The molecule has 0 radical (unpaired) electrons. The summed E-state index contributed by atoms with van der Waals surface area (Å²) in [6, 6.07) is 1.86. The Bertz CT molecular complexity index is 305. The second kappa shape index (κ2) is 4.07. The smallest absolute Gasteiger partial charge is 0.309 e. The normalized spacial score (nSPS) is 10.3. The molecule has 0 fully saturated rings. The Balaban J connectivity index is 2.76. The minimum atomic E-state index is -0.832. The topological polar surface area (TPSA) is 55.1 Å². The quantitative estimate of drug-likeness (QED) is 0.755. The molecule has 0 aliphatic rings. The van der Waals surface area contributed by atoms with Crippen LogP contribution in [0.4, 0.5) is 0 Å². The van der Waals surface area contributed by atoms with E-state index in [2.05, 4.69) is 12.0 Å². The van der Waals surface area contributed by atoms with Gasteiger partial charge in [0.15, 0.2) is 0 Å². The van der Waals surface area contributed by atoms with Crippen LogP contribution in [0, 0.1) is 0 Å². The van der Waals surface area contributed by atoms with Crippen LogP contribution >= 0.6 is 0 Å². The fourth-order valence-electron chi connectivity index (χ4n) is 1.30. The van der Waals surface area contributed by atoms with E-state index in [0.717, 1.165) is 18.5 Å². The SMILES string of the molecule is CCCc1cc(CC(=O)O)nn1C. The fourth-order valence-corrected chi connectivity index (χ4v) is 1.30. The maximum atomic E-state index is 10.4. The number of hydrogen-bond acceptors (Lipinski definition) is 2. The van der Waals surface area contributed by atoms with Crippen molar-refractivity contribution in [1.29, 1.82) is 0 Å². The summed E-state index contributed by atoms with van der Waals surface area (Å²) in [5.41, 5.74) is 1.73. The number of carboxylic acids is 1. The van der Waals surface area contributed by atoms with Crippen LogP contribution in [-0.4, -0.2) is 20.9 Å². The second-order valence-corrected chi connectivity index (χ2v) is 3.07. The van der Waals surface area contributed by atoms with Crippen LogP contribution in [0.3, 0.4) is 0 Å². The minimum absolute atomic E-state index is 0.0115. The Morgan fingerprint density at radius 3 is 2.92 bits per heavy atom. The van der Waals surface area contributed by atoms with Gasteiger partial charge in [-0.1, -0.05) is 13.3 Å². The second-order valence-electron chi connectivity index (χ2n) is 3.07. The lowest BCUT2D eigenvalue weighted by molar-refractivity contribution is -0.136. The maximum Gasteiger partial charge on any atom is 0.309 e. The molecular weight excluding hydrogens is 168 g/mol. The van der Waals surface area contributed by atoms with Gasteiger partial charge in [0.2, 0.25) is 0 Å². The Morgan fingerprint density at radius 2 is 2.38 bits per heavy atom. The maximum absolute atomic E-state index is 10.4. The zero-order valence-corrected chi connectivity index (χ0v) is 7.95. The van der Waals surface area contributed by atoms with Gasteiger partial charge < -0.3 is 5.11 Å². The number of aryl methyl sites for hydroxylation is 2. The first-order valence-electron chi connectivity index (χ1n) is 4.37. The highest BCUT2D eigenvalue weighted by atomic mass is 16.4. The summed E-state index contributed by atoms with van der Waals surface area (Å²) in [5, 5.41) is 12.7. The third kappa shape index (κ3) is 2.57. The summed E-state index contributed by atoms with van der Waals surface area (Å²) < 4.78 is 1.75. The molecule has 1 rings (SSSR count). The minimum Gasteiger partial charge on any atom is -0.481 e. The molecule has 1 aromatic rings. The number of aliphatic carboxylic acids is 1. The average molecular weight is 182 g/mol. The first kappa shape index (κ1) is 9.77. The van der Waals surface area contributed by atoms with Gasteiger partial charge >= 0.3 is 5.97 Å². The predicted octanol–water partition coefficient (Wildman–Crippen LogP) is 1.000.